The molecule has 1 heterocycles. The van der Waals surface area contributed by atoms with E-state index in [1.165, 1.54) is 6.20 Å². The van der Waals surface area contributed by atoms with Crippen molar-refractivity contribution in [2.45, 2.75) is 19.8 Å². The van der Waals surface area contributed by atoms with Gasteiger partial charge in [0, 0.05) is 19.0 Å². The van der Waals surface area contributed by atoms with Crippen LogP contribution >= 0.6 is 0 Å². The molecular formula is C9H13N3O3. The Morgan fingerprint density at radius 1 is 1.60 bits per heavy atom. The maximum Gasteiger partial charge on any atom is 0.303 e. The first-order chi connectivity index (χ1) is 7.08. The average Bonchev–Trinajstić information content (AvgIpc) is 2.53. The van der Waals surface area contributed by atoms with E-state index < -0.39 is 5.97 Å². The fraction of sp³-hybridized carbons (Fsp3) is 0.444. The summed E-state index contributed by atoms with van der Waals surface area (Å²) in [7, 11) is 0. The van der Waals surface area contributed by atoms with E-state index in [0.717, 1.165) is 0 Å². The molecule has 15 heavy (non-hydrogen) atoms. The van der Waals surface area contributed by atoms with Crippen LogP contribution in [0.4, 0.5) is 5.69 Å². The molecule has 0 fully saturated rings. The number of aromatic nitrogens is 2. The molecule has 1 aromatic heterocycles. The molecule has 0 aliphatic heterocycles. The average molecular weight is 211 g/mol. The summed E-state index contributed by atoms with van der Waals surface area (Å²) in [6, 6.07) is 0. The fourth-order valence-electron chi connectivity index (χ4n) is 1.22. The summed E-state index contributed by atoms with van der Waals surface area (Å²) in [5.41, 5.74) is 0.586. The predicted molar refractivity (Wildman–Crippen MR) is 53.3 cm³/mol. The Bertz CT molecular complexity index is 334. The predicted octanol–water partition coefficient (Wildman–Crippen LogP) is 0.849. The maximum absolute atomic E-state index is 11.4. The molecule has 0 aliphatic rings. The van der Waals surface area contributed by atoms with Crippen LogP contribution in [0.3, 0.4) is 0 Å². The molecule has 3 N–H and O–H groups in total. The summed E-state index contributed by atoms with van der Waals surface area (Å²) in [6.45, 7) is 1.73. The van der Waals surface area contributed by atoms with E-state index >= 15 is 0 Å². The Morgan fingerprint density at radius 3 is 2.87 bits per heavy atom. The number of amides is 1. The first-order valence-corrected chi connectivity index (χ1v) is 4.58. The van der Waals surface area contributed by atoms with Gasteiger partial charge in [-0.1, -0.05) is 6.92 Å². The number of carbonyl (C=O) groups is 2. The molecule has 6 nitrogen and oxygen atoms in total. The van der Waals surface area contributed by atoms with E-state index in [-0.39, 0.29) is 24.7 Å². The van der Waals surface area contributed by atoms with E-state index in [0.29, 0.717) is 5.69 Å². The van der Waals surface area contributed by atoms with Gasteiger partial charge >= 0.3 is 5.97 Å². The van der Waals surface area contributed by atoms with E-state index in [4.69, 9.17) is 5.11 Å². The highest BCUT2D eigenvalue weighted by atomic mass is 16.4. The smallest absolute Gasteiger partial charge is 0.303 e. The van der Waals surface area contributed by atoms with E-state index in [1.807, 2.05) is 0 Å². The Balaban J connectivity index is 2.33. The lowest BCUT2D eigenvalue weighted by Gasteiger charge is -2.07. The standard InChI is InChI=1S/C9H13N3O3/c1-6(3-9(14)15)2-8(13)12-7-4-10-11-5-7/h4-6H,2-3H2,1H3,(H,10,11)(H,12,13)(H,14,15). The number of H-pyrrole nitrogens is 1. The van der Waals surface area contributed by atoms with Gasteiger partial charge in [0.2, 0.25) is 5.91 Å². The van der Waals surface area contributed by atoms with Crippen LogP contribution in [-0.2, 0) is 9.59 Å². The molecule has 1 rings (SSSR count). The summed E-state index contributed by atoms with van der Waals surface area (Å²) in [4.78, 5) is 21.7. The van der Waals surface area contributed by atoms with Crippen LogP contribution in [0.1, 0.15) is 19.8 Å². The van der Waals surface area contributed by atoms with Crippen LogP contribution in [0, 0.1) is 5.92 Å². The second-order valence-electron chi connectivity index (χ2n) is 3.44. The van der Waals surface area contributed by atoms with Gasteiger partial charge in [0.25, 0.3) is 0 Å². The van der Waals surface area contributed by atoms with Gasteiger partial charge in [0.1, 0.15) is 0 Å². The third-order valence-corrected chi connectivity index (χ3v) is 1.84. The van der Waals surface area contributed by atoms with Crippen molar-refractivity contribution in [2.75, 3.05) is 5.32 Å². The maximum atomic E-state index is 11.4. The topological polar surface area (TPSA) is 95.1 Å². The number of hydrogen-bond acceptors (Lipinski definition) is 3. The van der Waals surface area contributed by atoms with Crippen LogP contribution in [0.15, 0.2) is 12.4 Å². The van der Waals surface area contributed by atoms with Crippen LogP contribution in [0.25, 0.3) is 0 Å². The number of anilines is 1. The van der Waals surface area contributed by atoms with Gasteiger partial charge in [-0.15, -0.1) is 0 Å². The number of carboxylic acid groups (broad SMARTS) is 1. The molecule has 0 saturated carbocycles. The lowest BCUT2D eigenvalue weighted by atomic mass is 10.0. The van der Waals surface area contributed by atoms with E-state index in [1.54, 1.807) is 13.1 Å². The minimum absolute atomic E-state index is 0.00118. The Morgan fingerprint density at radius 2 is 2.33 bits per heavy atom. The van der Waals surface area contributed by atoms with Crippen molar-refractivity contribution in [1.29, 1.82) is 0 Å². The van der Waals surface area contributed by atoms with Crippen molar-refractivity contribution in [3.63, 3.8) is 0 Å². The molecule has 0 bridgehead atoms. The minimum atomic E-state index is -0.890. The molecule has 0 radical (unpaired) electrons. The molecule has 1 amide bonds. The number of hydrogen-bond donors (Lipinski definition) is 3. The summed E-state index contributed by atoms with van der Waals surface area (Å²) in [5, 5.41) is 17.3. The van der Waals surface area contributed by atoms with Crippen molar-refractivity contribution >= 4 is 17.6 Å². The molecule has 0 aliphatic carbocycles. The fourth-order valence-corrected chi connectivity index (χ4v) is 1.22. The summed E-state index contributed by atoms with van der Waals surface area (Å²) in [5.74, 6) is -1.27. The molecule has 1 atom stereocenters. The first kappa shape index (κ1) is 11.2. The van der Waals surface area contributed by atoms with Crippen LogP contribution < -0.4 is 5.32 Å². The lowest BCUT2D eigenvalue weighted by Crippen LogP contribution is -2.16. The number of aromatic amines is 1. The number of aliphatic carboxylic acids is 1. The third-order valence-electron chi connectivity index (χ3n) is 1.84. The second kappa shape index (κ2) is 5.14. The van der Waals surface area contributed by atoms with E-state index in [9.17, 15) is 9.59 Å². The van der Waals surface area contributed by atoms with Gasteiger partial charge in [0.15, 0.2) is 0 Å². The van der Waals surface area contributed by atoms with Gasteiger partial charge in [-0.05, 0) is 5.92 Å². The van der Waals surface area contributed by atoms with E-state index in [2.05, 4.69) is 15.5 Å². The number of nitrogens with one attached hydrogen (secondary N) is 2. The largest absolute Gasteiger partial charge is 0.481 e. The van der Waals surface area contributed by atoms with Crippen LogP contribution in [-0.4, -0.2) is 27.2 Å². The highest BCUT2D eigenvalue weighted by molar-refractivity contribution is 5.90. The molecule has 6 heteroatoms. The zero-order valence-corrected chi connectivity index (χ0v) is 8.36. The monoisotopic (exact) mass is 211 g/mol. The summed E-state index contributed by atoms with van der Waals surface area (Å²) in [6.07, 6.45) is 3.23. The molecular weight excluding hydrogens is 198 g/mol. The van der Waals surface area contributed by atoms with Crippen molar-refractivity contribution in [3.05, 3.63) is 12.4 Å². The molecule has 0 saturated heterocycles. The normalized spacial score (nSPS) is 12.1. The molecule has 0 aromatic carbocycles. The number of rotatable bonds is 5. The first-order valence-electron chi connectivity index (χ1n) is 4.58. The summed E-state index contributed by atoms with van der Waals surface area (Å²) >= 11 is 0. The van der Waals surface area contributed by atoms with Crippen LogP contribution in [0.5, 0.6) is 0 Å². The third kappa shape index (κ3) is 4.26. The van der Waals surface area contributed by atoms with Gasteiger partial charge in [-0.25, -0.2) is 0 Å². The Kier molecular flexibility index (Phi) is 3.84. The second-order valence-corrected chi connectivity index (χ2v) is 3.44. The molecule has 1 aromatic rings. The molecule has 0 spiro atoms. The van der Waals surface area contributed by atoms with Crippen molar-refractivity contribution < 1.29 is 14.7 Å². The number of carboxylic acids is 1. The lowest BCUT2D eigenvalue weighted by molar-refractivity contribution is -0.138. The van der Waals surface area contributed by atoms with Crippen molar-refractivity contribution in [2.24, 2.45) is 5.92 Å². The van der Waals surface area contributed by atoms with Gasteiger partial charge in [-0.2, -0.15) is 5.10 Å². The highest BCUT2D eigenvalue weighted by Crippen LogP contribution is 2.09. The minimum Gasteiger partial charge on any atom is -0.481 e. The van der Waals surface area contributed by atoms with Gasteiger partial charge in [-0.3, -0.25) is 14.7 Å². The molecule has 1 unspecified atom stereocenters. The Labute approximate surface area is 86.7 Å². The van der Waals surface area contributed by atoms with Gasteiger partial charge < -0.3 is 10.4 Å². The van der Waals surface area contributed by atoms with Gasteiger partial charge in [0.05, 0.1) is 11.9 Å². The Hall–Kier alpha value is -1.85. The quantitative estimate of drug-likeness (QED) is 0.672. The zero-order valence-electron chi connectivity index (χ0n) is 8.36. The van der Waals surface area contributed by atoms with Crippen molar-refractivity contribution in [3.8, 4) is 0 Å². The zero-order chi connectivity index (χ0) is 11.3. The van der Waals surface area contributed by atoms with Crippen LogP contribution in [0.2, 0.25) is 0 Å². The number of carbonyl (C=O) groups excluding carboxylic acids is 1. The SMILES string of the molecule is CC(CC(=O)O)CC(=O)Nc1cn[nH]c1. The van der Waals surface area contributed by atoms with Crippen molar-refractivity contribution in [1.82, 2.24) is 10.2 Å². The highest BCUT2D eigenvalue weighted by Gasteiger charge is 2.12. The molecule has 82 valence electrons. The summed E-state index contributed by atoms with van der Waals surface area (Å²) < 4.78 is 0. The number of nitrogens with zero attached hydrogens (tertiary/aromatic N) is 1.